The number of rotatable bonds is 1. The third-order valence-corrected chi connectivity index (χ3v) is 3.74. The number of hydrogen-bond acceptors (Lipinski definition) is 2. The van der Waals surface area contributed by atoms with Gasteiger partial charge in [-0.2, -0.15) is 0 Å². The molecule has 0 aromatic heterocycles. The molecule has 2 rings (SSSR count). The molecule has 0 radical (unpaired) electrons. The molecule has 0 aliphatic carbocycles. The molecule has 6 heteroatoms. The van der Waals surface area contributed by atoms with Crippen LogP contribution in [0.1, 0.15) is 11.5 Å². The van der Waals surface area contributed by atoms with Crippen LogP contribution >= 0.6 is 39.1 Å². The van der Waals surface area contributed by atoms with Crippen molar-refractivity contribution in [2.75, 3.05) is 0 Å². The summed E-state index contributed by atoms with van der Waals surface area (Å²) in [5.74, 6) is -1.51. The Labute approximate surface area is 110 Å². The Morgan fingerprint density at radius 3 is 2.44 bits per heavy atom. The third kappa shape index (κ3) is 1.97. The van der Waals surface area contributed by atoms with Crippen LogP contribution in [0.5, 0.6) is 0 Å². The maximum Gasteiger partial charge on any atom is 0.245 e. The third-order valence-electron chi connectivity index (χ3n) is 2.37. The van der Waals surface area contributed by atoms with Crippen molar-refractivity contribution in [2.24, 2.45) is 0 Å². The molecule has 16 heavy (non-hydrogen) atoms. The van der Waals surface area contributed by atoms with Crippen LogP contribution in [0.2, 0.25) is 5.02 Å². The number of amides is 2. The second kappa shape index (κ2) is 4.35. The van der Waals surface area contributed by atoms with Crippen molar-refractivity contribution in [3.63, 3.8) is 0 Å². The van der Waals surface area contributed by atoms with E-state index in [1.165, 1.54) is 0 Å². The Balaban J connectivity index is 2.44. The minimum absolute atomic E-state index is 0.381. The molecule has 1 saturated heterocycles. The van der Waals surface area contributed by atoms with Crippen molar-refractivity contribution in [2.45, 2.75) is 11.3 Å². The van der Waals surface area contributed by atoms with Crippen LogP contribution in [0.3, 0.4) is 0 Å². The largest absolute Gasteiger partial charge is 0.295 e. The number of hydrogen-bond donors (Lipinski definition) is 1. The van der Waals surface area contributed by atoms with Crippen LogP contribution in [0.15, 0.2) is 22.7 Å². The molecule has 2 amide bonds. The first-order chi connectivity index (χ1) is 7.50. The van der Waals surface area contributed by atoms with Gasteiger partial charge in [0, 0.05) is 9.50 Å². The summed E-state index contributed by atoms with van der Waals surface area (Å²) < 4.78 is 0.667. The van der Waals surface area contributed by atoms with Gasteiger partial charge in [0.2, 0.25) is 11.8 Å². The second-order valence-electron chi connectivity index (χ2n) is 3.40. The van der Waals surface area contributed by atoms with Gasteiger partial charge in [0.1, 0.15) is 5.38 Å². The highest BCUT2D eigenvalue weighted by atomic mass is 79.9. The van der Waals surface area contributed by atoms with Crippen molar-refractivity contribution >= 4 is 50.9 Å². The summed E-state index contributed by atoms with van der Waals surface area (Å²) in [6, 6.07) is 5.00. The molecule has 0 spiro atoms. The van der Waals surface area contributed by atoms with Gasteiger partial charge >= 0.3 is 0 Å². The van der Waals surface area contributed by atoms with Crippen LogP contribution in [0, 0.1) is 0 Å². The SMILES string of the molecule is O=C1NC(=O)C(c2ccc(Cl)cc2Br)C1Cl. The zero-order chi connectivity index (χ0) is 11.9. The molecule has 0 bridgehead atoms. The maximum absolute atomic E-state index is 11.6. The van der Waals surface area contributed by atoms with E-state index < -0.39 is 17.2 Å². The van der Waals surface area contributed by atoms with Gasteiger partial charge in [-0.25, -0.2) is 0 Å². The van der Waals surface area contributed by atoms with E-state index in [-0.39, 0.29) is 5.91 Å². The quantitative estimate of drug-likeness (QED) is 0.637. The Kier molecular flexibility index (Phi) is 3.24. The first-order valence-corrected chi connectivity index (χ1v) is 6.05. The minimum Gasteiger partial charge on any atom is -0.295 e. The fraction of sp³-hybridized carbons (Fsp3) is 0.200. The molecule has 3 nitrogen and oxygen atoms in total. The van der Waals surface area contributed by atoms with Gasteiger partial charge in [-0.15, -0.1) is 11.6 Å². The normalized spacial score (nSPS) is 24.7. The Hall–Kier alpha value is -0.580. The zero-order valence-electron chi connectivity index (χ0n) is 7.84. The lowest BCUT2D eigenvalue weighted by Crippen LogP contribution is -2.22. The second-order valence-corrected chi connectivity index (χ2v) is 5.16. The van der Waals surface area contributed by atoms with E-state index in [1.54, 1.807) is 18.2 Å². The smallest absolute Gasteiger partial charge is 0.245 e. The van der Waals surface area contributed by atoms with Crippen molar-refractivity contribution in [1.29, 1.82) is 0 Å². The van der Waals surface area contributed by atoms with Crippen LogP contribution in [-0.4, -0.2) is 17.2 Å². The van der Waals surface area contributed by atoms with E-state index in [4.69, 9.17) is 23.2 Å². The van der Waals surface area contributed by atoms with E-state index in [0.29, 0.717) is 15.1 Å². The van der Waals surface area contributed by atoms with Gasteiger partial charge in [-0.1, -0.05) is 33.6 Å². The van der Waals surface area contributed by atoms with Crippen LogP contribution < -0.4 is 5.32 Å². The summed E-state index contributed by atoms with van der Waals surface area (Å²) in [5, 5.41) is 1.87. The van der Waals surface area contributed by atoms with E-state index in [2.05, 4.69) is 21.2 Å². The topological polar surface area (TPSA) is 46.2 Å². The van der Waals surface area contributed by atoms with Crippen molar-refractivity contribution in [3.05, 3.63) is 33.3 Å². The standard InChI is InChI=1S/C10H6BrCl2NO2/c11-6-3-4(12)1-2-5(6)7-8(13)10(16)14-9(7)15/h1-3,7-8H,(H,14,15,16). The van der Waals surface area contributed by atoms with E-state index >= 15 is 0 Å². The average molecular weight is 323 g/mol. The summed E-state index contributed by atoms with van der Waals surface area (Å²) in [4.78, 5) is 22.8. The molecular weight excluding hydrogens is 317 g/mol. The molecule has 2 atom stereocenters. The lowest BCUT2D eigenvalue weighted by molar-refractivity contribution is -0.125. The number of alkyl halides is 1. The first kappa shape index (κ1) is 11.9. The van der Waals surface area contributed by atoms with Gasteiger partial charge in [-0.05, 0) is 17.7 Å². The molecular formula is C10H6BrCl2NO2. The molecule has 1 aromatic rings. The molecule has 0 saturated carbocycles. The predicted molar refractivity (Wildman–Crippen MR) is 64.7 cm³/mol. The van der Waals surface area contributed by atoms with Gasteiger partial charge in [0.05, 0.1) is 5.92 Å². The van der Waals surface area contributed by atoms with E-state index in [0.717, 1.165) is 0 Å². The average Bonchev–Trinajstić information content (AvgIpc) is 2.43. The Morgan fingerprint density at radius 2 is 1.94 bits per heavy atom. The van der Waals surface area contributed by atoms with Gasteiger partial charge in [-0.3, -0.25) is 14.9 Å². The van der Waals surface area contributed by atoms with Crippen LogP contribution in [-0.2, 0) is 9.59 Å². The molecule has 1 aromatic carbocycles. The number of carbonyl (C=O) groups excluding carboxylic acids is 2. The number of halogens is 3. The maximum atomic E-state index is 11.6. The fourth-order valence-corrected chi connectivity index (χ4v) is 2.84. The highest BCUT2D eigenvalue weighted by molar-refractivity contribution is 9.10. The molecule has 1 fully saturated rings. The van der Waals surface area contributed by atoms with E-state index in [1.807, 2.05) is 0 Å². The lowest BCUT2D eigenvalue weighted by Gasteiger charge is -2.12. The van der Waals surface area contributed by atoms with Gasteiger partial charge in [0.15, 0.2) is 0 Å². The summed E-state index contributed by atoms with van der Waals surface area (Å²) >= 11 is 15.0. The molecule has 84 valence electrons. The molecule has 2 unspecified atom stereocenters. The number of nitrogens with one attached hydrogen (secondary N) is 1. The summed E-state index contributed by atoms with van der Waals surface area (Å²) in [6.07, 6.45) is 0. The monoisotopic (exact) mass is 321 g/mol. The summed E-state index contributed by atoms with van der Waals surface area (Å²) in [5.41, 5.74) is 0.660. The summed E-state index contributed by atoms with van der Waals surface area (Å²) in [7, 11) is 0. The van der Waals surface area contributed by atoms with Crippen molar-refractivity contribution < 1.29 is 9.59 Å². The highest BCUT2D eigenvalue weighted by Gasteiger charge is 2.42. The van der Waals surface area contributed by atoms with E-state index in [9.17, 15) is 9.59 Å². The zero-order valence-corrected chi connectivity index (χ0v) is 10.9. The minimum atomic E-state index is -0.870. The van der Waals surface area contributed by atoms with Gasteiger partial charge in [0.25, 0.3) is 0 Å². The predicted octanol–water partition coefficient (Wildman–Crippen LogP) is 2.45. The Morgan fingerprint density at radius 1 is 1.25 bits per heavy atom. The van der Waals surface area contributed by atoms with Gasteiger partial charge < -0.3 is 0 Å². The number of benzene rings is 1. The van der Waals surface area contributed by atoms with Crippen LogP contribution in [0.4, 0.5) is 0 Å². The van der Waals surface area contributed by atoms with Crippen molar-refractivity contribution in [1.82, 2.24) is 5.32 Å². The lowest BCUT2D eigenvalue weighted by atomic mass is 9.97. The molecule has 1 N–H and O–H groups in total. The number of imide groups is 1. The molecule has 1 aliphatic rings. The van der Waals surface area contributed by atoms with Crippen molar-refractivity contribution in [3.8, 4) is 0 Å². The number of carbonyl (C=O) groups is 2. The summed E-state index contributed by atoms with van der Waals surface area (Å²) in [6.45, 7) is 0. The first-order valence-electron chi connectivity index (χ1n) is 4.44. The molecule has 1 aliphatic heterocycles. The Bertz CT molecular complexity index is 478. The fourth-order valence-electron chi connectivity index (χ4n) is 1.61. The highest BCUT2D eigenvalue weighted by Crippen LogP contribution is 2.34. The van der Waals surface area contributed by atoms with Crippen LogP contribution in [0.25, 0.3) is 0 Å². The molecule has 1 heterocycles.